The molecule has 0 amide bonds. The number of fused-ring (bicyclic) bond motifs is 2. The minimum atomic E-state index is -4.06. The molecular formula is C32H42O12S. The summed E-state index contributed by atoms with van der Waals surface area (Å²) in [6.45, 7) is 7.37. The van der Waals surface area contributed by atoms with Crippen LogP contribution in [0.3, 0.4) is 0 Å². The van der Waals surface area contributed by atoms with Crippen LogP contribution in [0.5, 0.6) is 0 Å². The number of ether oxygens (including phenoxy) is 8. The fourth-order valence-electron chi connectivity index (χ4n) is 6.32. The van der Waals surface area contributed by atoms with E-state index in [0.29, 0.717) is 0 Å². The van der Waals surface area contributed by atoms with Gasteiger partial charge in [0.2, 0.25) is 0 Å². The van der Waals surface area contributed by atoms with E-state index >= 15 is 0 Å². The average Bonchev–Trinajstić information content (AvgIpc) is 3.66. The minimum absolute atomic E-state index is 0.198. The molecule has 2 aromatic carbocycles. The molecule has 45 heavy (non-hydrogen) atoms. The minimum Gasteiger partial charge on any atom is -0.389 e. The fourth-order valence-corrected chi connectivity index (χ4v) is 7.87. The summed E-state index contributed by atoms with van der Waals surface area (Å²) in [4.78, 5) is 0. The van der Waals surface area contributed by atoms with Gasteiger partial charge in [0, 0.05) is 0 Å². The topological polar surface area (TPSA) is 148 Å². The van der Waals surface area contributed by atoms with Gasteiger partial charge in [-0.3, -0.25) is 0 Å². The van der Waals surface area contributed by atoms with E-state index in [1.54, 1.807) is 27.7 Å². The number of rotatable bonds is 12. The molecule has 2 aromatic rings. The van der Waals surface area contributed by atoms with Crippen molar-refractivity contribution in [3.63, 3.8) is 0 Å². The molecule has 10 atom stereocenters. The van der Waals surface area contributed by atoms with Crippen LogP contribution in [-0.4, -0.2) is 103 Å². The largest absolute Gasteiger partial charge is 0.389 e. The van der Waals surface area contributed by atoms with Crippen molar-refractivity contribution in [3.8, 4) is 0 Å². The second-order valence-corrected chi connectivity index (χ2v) is 15.0. The zero-order valence-electron chi connectivity index (χ0n) is 25.8. The molecule has 0 saturated carbocycles. The Morgan fingerprint density at radius 2 is 1.04 bits per heavy atom. The molecule has 6 rings (SSSR count). The Bertz CT molecular complexity index is 1290. The first-order chi connectivity index (χ1) is 21.3. The van der Waals surface area contributed by atoms with Crippen molar-refractivity contribution in [1.29, 1.82) is 0 Å². The highest BCUT2D eigenvalue weighted by atomic mass is 32.2. The molecule has 4 saturated heterocycles. The molecule has 0 radical (unpaired) electrons. The molecule has 0 unspecified atom stereocenters. The highest BCUT2D eigenvalue weighted by Crippen LogP contribution is 2.42. The lowest BCUT2D eigenvalue weighted by Gasteiger charge is -2.30. The fraction of sp³-hybridized carbons (Fsp3) is 0.625. The normalized spacial score (nSPS) is 34.8. The number of aliphatic hydroxyl groups is 2. The highest BCUT2D eigenvalue weighted by Gasteiger charge is 2.59. The maximum atomic E-state index is 13.4. The van der Waals surface area contributed by atoms with E-state index in [1.807, 2.05) is 60.7 Å². The van der Waals surface area contributed by atoms with Gasteiger partial charge in [0.25, 0.3) is 0 Å². The van der Waals surface area contributed by atoms with Crippen LogP contribution >= 0.6 is 0 Å². The smallest absolute Gasteiger partial charge is 0.190 e. The van der Waals surface area contributed by atoms with Gasteiger partial charge in [-0.05, 0) is 38.8 Å². The van der Waals surface area contributed by atoms with Gasteiger partial charge in [-0.15, -0.1) is 0 Å². The molecule has 2 N–H and O–H groups in total. The van der Waals surface area contributed by atoms with Gasteiger partial charge in [0.15, 0.2) is 34.0 Å². The first-order valence-corrected chi connectivity index (χ1v) is 17.0. The zero-order chi connectivity index (χ0) is 32.0. The summed E-state index contributed by atoms with van der Waals surface area (Å²) >= 11 is 0. The van der Waals surface area contributed by atoms with Crippen molar-refractivity contribution in [2.24, 2.45) is 0 Å². The van der Waals surface area contributed by atoms with Crippen LogP contribution in [0.1, 0.15) is 38.8 Å². The summed E-state index contributed by atoms with van der Waals surface area (Å²) in [5.74, 6) is -3.26. The standard InChI is InChI=1S/C32H42O12S/c1-31(2)41-27-25(37-15-19-11-7-5-8-12-19)23(39-29(27)43-31)21(33)17-45(35,36)18-22(34)24-26(38-16-20-13-9-6-10-14-20)28-30(40-24)44-32(3,4)42-28/h5-14,21-30,33-34H,15-18H2,1-4H3/t21-,22-,23+,24+,25-,26-,27+,28+,29+,30+/m0/s1. The summed E-state index contributed by atoms with van der Waals surface area (Å²) in [7, 11) is -4.06. The number of sulfone groups is 1. The maximum Gasteiger partial charge on any atom is 0.190 e. The third-order valence-corrected chi connectivity index (χ3v) is 9.93. The van der Waals surface area contributed by atoms with Crippen molar-refractivity contribution in [2.75, 3.05) is 11.5 Å². The lowest BCUT2D eigenvalue weighted by molar-refractivity contribution is -0.229. The molecule has 0 spiro atoms. The van der Waals surface area contributed by atoms with Crippen LogP contribution in [0.4, 0.5) is 0 Å². The van der Waals surface area contributed by atoms with Crippen LogP contribution in [0.25, 0.3) is 0 Å². The number of hydrogen-bond donors (Lipinski definition) is 2. The van der Waals surface area contributed by atoms with E-state index in [2.05, 4.69) is 0 Å². The molecule has 0 aliphatic carbocycles. The van der Waals surface area contributed by atoms with Gasteiger partial charge in [-0.25, -0.2) is 8.42 Å². The van der Waals surface area contributed by atoms with E-state index in [-0.39, 0.29) is 13.2 Å². The molecule has 4 aliphatic rings. The first-order valence-electron chi connectivity index (χ1n) is 15.2. The lowest BCUT2D eigenvalue weighted by Crippen LogP contribution is -2.48. The van der Waals surface area contributed by atoms with Gasteiger partial charge in [-0.1, -0.05) is 60.7 Å². The lowest BCUT2D eigenvalue weighted by atomic mass is 10.1. The summed E-state index contributed by atoms with van der Waals surface area (Å²) < 4.78 is 74.7. The molecule has 0 aromatic heterocycles. The van der Waals surface area contributed by atoms with E-state index in [4.69, 9.17) is 37.9 Å². The quantitative estimate of drug-likeness (QED) is 0.346. The summed E-state index contributed by atoms with van der Waals surface area (Å²) in [6, 6.07) is 18.9. The van der Waals surface area contributed by atoms with Crippen LogP contribution in [-0.2, 0) is 60.9 Å². The third kappa shape index (κ3) is 7.60. The molecule has 0 bridgehead atoms. The molecule has 248 valence electrons. The summed E-state index contributed by atoms with van der Waals surface area (Å²) in [6.07, 6.45) is -9.74. The summed E-state index contributed by atoms with van der Waals surface area (Å²) in [5.41, 5.74) is 1.79. The van der Waals surface area contributed by atoms with Crippen molar-refractivity contribution < 1.29 is 56.5 Å². The number of benzene rings is 2. The Morgan fingerprint density at radius 3 is 1.42 bits per heavy atom. The Morgan fingerprint density at radius 1 is 0.667 bits per heavy atom. The molecule has 12 nitrogen and oxygen atoms in total. The number of aliphatic hydroxyl groups excluding tert-OH is 2. The first kappa shape index (κ1) is 32.9. The van der Waals surface area contributed by atoms with Gasteiger partial charge in [0.1, 0.15) is 36.6 Å². The van der Waals surface area contributed by atoms with Gasteiger partial charge in [-0.2, -0.15) is 0 Å². The van der Waals surface area contributed by atoms with Crippen LogP contribution in [0, 0.1) is 0 Å². The van der Waals surface area contributed by atoms with Crippen molar-refractivity contribution in [1.82, 2.24) is 0 Å². The summed E-state index contributed by atoms with van der Waals surface area (Å²) in [5, 5.41) is 22.4. The van der Waals surface area contributed by atoms with Crippen molar-refractivity contribution in [2.45, 2.75) is 114 Å². The van der Waals surface area contributed by atoms with Crippen molar-refractivity contribution >= 4 is 9.84 Å². The Hall–Kier alpha value is -2.01. The second-order valence-electron chi connectivity index (χ2n) is 12.9. The Kier molecular flexibility index (Phi) is 9.43. The molecule has 4 fully saturated rings. The van der Waals surface area contributed by atoms with Gasteiger partial charge >= 0.3 is 0 Å². The van der Waals surface area contributed by atoms with Crippen LogP contribution < -0.4 is 0 Å². The second kappa shape index (κ2) is 12.9. The van der Waals surface area contributed by atoms with E-state index in [0.717, 1.165) is 11.1 Å². The SMILES string of the molecule is CC1(C)O[C@H]2O[C@H]([C@@H](O)CS(=O)(=O)C[C@H](O)[C@H]3O[C@@H]4OC(C)(C)O[C@@H]4[C@H]3OCc3ccccc3)[C@H](OCc3ccccc3)[C@H]2O1. The van der Waals surface area contributed by atoms with Gasteiger partial charge < -0.3 is 48.1 Å². The zero-order valence-corrected chi connectivity index (χ0v) is 26.6. The van der Waals surface area contributed by atoms with Crippen LogP contribution in [0.15, 0.2) is 60.7 Å². The average molecular weight is 651 g/mol. The number of hydrogen-bond acceptors (Lipinski definition) is 12. The third-order valence-electron chi connectivity index (χ3n) is 8.23. The maximum absolute atomic E-state index is 13.4. The predicted molar refractivity (Wildman–Crippen MR) is 158 cm³/mol. The molecular weight excluding hydrogens is 608 g/mol. The van der Waals surface area contributed by atoms with Gasteiger partial charge in [0.05, 0.1) is 36.9 Å². The monoisotopic (exact) mass is 650 g/mol. The van der Waals surface area contributed by atoms with Crippen LogP contribution in [0.2, 0.25) is 0 Å². The van der Waals surface area contributed by atoms with Crippen molar-refractivity contribution in [3.05, 3.63) is 71.8 Å². The predicted octanol–water partition coefficient (Wildman–Crippen LogP) is 2.05. The Labute approximate surface area is 263 Å². The Balaban J connectivity index is 1.11. The molecule has 4 heterocycles. The molecule has 13 heteroatoms. The molecule has 4 aliphatic heterocycles. The highest BCUT2D eigenvalue weighted by molar-refractivity contribution is 7.91. The van der Waals surface area contributed by atoms with E-state index in [1.165, 1.54) is 0 Å². The van der Waals surface area contributed by atoms with E-state index < -0.39 is 94.3 Å². The van der Waals surface area contributed by atoms with E-state index in [9.17, 15) is 18.6 Å².